The predicted molar refractivity (Wildman–Crippen MR) is 55.0 cm³/mol. The van der Waals surface area contributed by atoms with Gasteiger partial charge in [0.05, 0.1) is 18.6 Å². The van der Waals surface area contributed by atoms with Crippen LogP contribution in [0.5, 0.6) is 0 Å². The second-order valence-electron chi connectivity index (χ2n) is 3.13. The maximum absolute atomic E-state index is 11.5. The summed E-state index contributed by atoms with van der Waals surface area (Å²) >= 11 is 0. The Morgan fingerprint density at radius 3 is 2.60 bits per heavy atom. The van der Waals surface area contributed by atoms with Gasteiger partial charge in [0.25, 0.3) is 0 Å². The summed E-state index contributed by atoms with van der Waals surface area (Å²) in [5, 5.41) is 8.70. The number of Topliss-reactive ketones (excluding diaryl/α,β-unsaturated/α-hetero) is 1. The van der Waals surface area contributed by atoms with Crippen molar-refractivity contribution in [2.75, 3.05) is 13.2 Å². The topological polar surface area (TPSA) is 89.6 Å². The summed E-state index contributed by atoms with van der Waals surface area (Å²) in [4.78, 5) is 22.3. The van der Waals surface area contributed by atoms with Crippen molar-refractivity contribution < 1.29 is 19.4 Å². The van der Waals surface area contributed by atoms with E-state index in [1.807, 2.05) is 0 Å². The Labute approximate surface area is 88.9 Å². The third-order valence-corrected chi connectivity index (χ3v) is 2.05. The largest absolute Gasteiger partial charge is 0.462 e. The van der Waals surface area contributed by atoms with Crippen molar-refractivity contribution in [3.8, 4) is 0 Å². The molecule has 0 saturated carbocycles. The molecule has 1 unspecified atom stereocenters. The van der Waals surface area contributed by atoms with Crippen LogP contribution in [0, 0.1) is 5.92 Å². The molecule has 0 rings (SSSR count). The van der Waals surface area contributed by atoms with Crippen LogP contribution in [0.15, 0.2) is 12.7 Å². The van der Waals surface area contributed by atoms with E-state index in [1.54, 1.807) is 6.92 Å². The third kappa shape index (κ3) is 4.71. The lowest BCUT2D eigenvalue weighted by Gasteiger charge is -2.16. The van der Waals surface area contributed by atoms with Gasteiger partial charge >= 0.3 is 5.97 Å². The van der Waals surface area contributed by atoms with Crippen molar-refractivity contribution in [3.63, 3.8) is 0 Å². The van der Waals surface area contributed by atoms with Crippen molar-refractivity contribution in [2.24, 2.45) is 11.7 Å². The Balaban J connectivity index is 4.18. The molecule has 0 aliphatic rings. The smallest absolute Gasteiger partial charge is 0.330 e. The van der Waals surface area contributed by atoms with Gasteiger partial charge in [-0.2, -0.15) is 0 Å². The molecule has 0 amide bonds. The molecule has 0 aliphatic heterocycles. The van der Waals surface area contributed by atoms with Crippen molar-refractivity contribution in [1.82, 2.24) is 0 Å². The maximum atomic E-state index is 11.5. The Kier molecular flexibility index (Phi) is 6.57. The molecule has 0 radical (unpaired) electrons. The standard InChI is InChI=1S/C10H17NO4/c1-3-7(6-15-9(13)4-2)10(14)8(11)5-12/h4,7-8,12H,2-3,5-6,11H2,1H3/t7?,8-/m0/s1. The summed E-state index contributed by atoms with van der Waals surface area (Å²) < 4.78 is 4.74. The molecule has 0 aromatic carbocycles. The average molecular weight is 215 g/mol. The Hall–Kier alpha value is -1.20. The van der Waals surface area contributed by atoms with Crippen LogP contribution in [0.4, 0.5) is 0 Å². The highest BCUT2D eigenvalue weighted by Gasteiger charge is 2.23. The number of aliphatic hydroxyl groups is 1. The zero-order valence-corrected chi connectivity index (χ0v) is 8.81. The average Bonchev–Trinajstić information content (AvgIpc) is 2.27. The van der Waals surface area contributed by atoms with Gasteiger partial charge in [0.2, 0.25) is 0 Å². The van der Waals surface area contributed by atoms with Gasteiger partial charge in [-0.25, -0.2) is 4.79 Å². The van der Waals surface area contributed by atoms with E-state index in [0.29, 0.717) is 6.42 Å². The van der Waals surface area contributed by atoms with Crippen molar-refractivity contribution >= 4 is 11.8 Å². The lowest BCUT2D eigenvalue weighted by atomic mass is 9.97. The lowest BCUT2D eigenvalue weighted by Crippen LogP contribution is -2.40. The van der Waals surface area contributed by atoms with Gasteiger partial charge in [0.1, 0.15) is 6.61 Å². The number of ether oxygens (including phenoxy) is 1. The van der Waals surface area contributed by atoms with Gasteiger partial charge < -0.3 is 15.6 Å². The second-order valence-corrected chi connectivity index (χ2v) is 3.13. The number of nitrogens with two attached hydrogens (primary N) is 1. The SMILES string of the molecule is C=CC(=O)OCC(CC)C(=O)[C@@H](N)CO. The molecule has 2 atom stereocenters. The number of hydrogen-bond acceptors (Lipinski definition) is 5. The molecular weight excluding hydrogens is 198 g/mol. The number of carbonyl (C=O) groups excluding carboxylic acids is 2. The fraction of sp³-hybridized carbons (Fsp3) is 0.600. The van der Waals surface area contributed by atoms with Crippen molar-refractivity contribution in [1.29, 1.82) is 0 Å². The molecule has 0 heterocycles. The Morgan fingerprint density at radius 2 is 2.20 bits per heavy atom. The van der Waals surface area contributed by atoms with E-state index < -0.39 is 24.5 Å². The Morgan fingerprint density at radius 1 is 1.60 bits per heavy atom. The summed E-state index contributed by atoms with van der Waals surface area (Å²) in [7, 11) is 0. The molecule has 15 heavy (non-hydrogen) atoms. The highest BCUT2D eigenvalue weighted by Crippen LogP contribution is 2.07. The molecule has 0 saturated heterocycles. The molecule has 3 N–H and O–H groups in total. The summed E-state index contributed by atoms with van der Waals surface area (Å²) in [5.74, 6) is -1.33. The van der Waals surface area contributed by atoms with E-state index in [9.17, 15) is 9.59 Å². The van der Waals surface area contributed by atoms with Crippen LogP contribution in [0.3, 0.4) is 0 Å². The zero-order chi connectivity index (χ0) is 11.8. The van der Waals surface area contributed by atoms with E-state index in [1.165, 1.54) is 0 Å². The molecule has 0 fully saturated rings. The van der Waals surface area contributed by atoms with Crippen LogP contribution in [0.25, 0.3) is 0 Å². The molecular formula is C10H17NO4. The van der Waals surface area contributed by atoms with E-state index in [4.69, 9.17) is 15.6 Å². The predicted octanol–water partition coefficient (Wildman–Crippen LogP) is -0.369. The molecule has 5 heteroatoms. The van der Waals surface area contributed by atoms with E-state index >= 15 is 0 Å². The summed E-state index contributed by atoms with van der Waals surface area (Å²) in [6, 6.07) is -0.905. The molecule has 0 aromatic heterocycles. The van der Waals surface area contributed by atoms with Crippen LogP contribution in [0.2, 0.25) is 0 Å². The Bertz CT molecular complexity index is 240. The fourth-order valence-corrected chi connectivity index (χ4v) is 1.04. The van der Waals surface area contributed by atoms with Gasteiger partial charge in [0.15, 0.2) is 5.78 Å². The first-order valence-electron chi connectivity index (χ1n) is 4.76. The third-order valence-electron chi connectivity index (χ3n) is 2.05. The molecule has 86 valence electrons. The van der Waals surface area contributed by atoms with Crippen molar-refractivity contribution in [3.05, 3.63) is 12.7 Å². The monoisotopic (exact) mass is 215 g/mol. The lowest BCUT2D eigenvalue weighted by molar-refractivity contribution is -0.141. The van der Waals surface area contributed by atoms with Crippen LogP contribution < -0.4 is 5.73 Å². The van der Waals surface area contributed by atoms with Gasteiger partial charge in [-0.05, 0) is 6.42 Å². The van der Waals surface area contributed by atoms with Crippen LogP contribution in [-0.2, 0) is 14.3 Å². The highest BCUT2D eigenvalue weighted by molar-refractivity contribution is 5.87. The normalized spacial score (nSPS) is 14.1. The number of ketones is 1. The summed E-state index contributed by atoms with van der Waals surface area (Å²) in [6.07, 6.45) is 1.54. The minimum absolute atomic E-state index is 0.0200. The van der Waals surface area contributed by atoms with Crippen LogP contribution in [0.1, 0.15) is 13.3 Å². The molecule has 0 aliphatic carbocycles. The van der Waals surface area contributed by atoms with Crippen LogP contribution in [-0.4, -0.2) is 36.1 Å². The minimum Gasteiger partial charge on any atom is -0.462 e. The van der Waals surface area contributed by atoms with Crippen LogP contribution >= 0.6 is 0 Å². The molecule has 0 bridgehead atoms. The maximum Gasteiger partial charge on any atom is 0.330 e. The summed E-state index contributed by atoms with van der Waals surface area (Å²) in [5.41, 5.74) is 5.37. The van der Waals surface area contributed by atoms with E-state index in [0.717, 1.165) is 6.08 Å². The summed E-state index contributed by atoms with van der Waals surface area (Å²) in [6.45, 7) is 4.60. The van der Waals surface area contributed by atoms with Gasteiger partial charge in [-0.1, -0.05) is 13.5 Å². The first kappa shape index (κ1) is 13.8. The second kappa shape index (κ2) is 7.14. The van der Waals surface area contributed by atoms with Crippen molar-refractivity contribution in [2.45, 2.75) is 19.4 Å². The number of hydrogen-bond donors (Lipinski definition) is 2. The van der Waals surface area contributed by atoms with Gasteiger partial charge in [-0.15, -0.1) is 0 Å². The molecule has 0 spiro atoms. The molecule has 0 aromatic rings. The first-order chi connectivity index (χ1) is 7.06. The highest BCUT2D eigenvalue weighted by atomic mass is 16.5. The number of carbonyl (C=O) groups is 2. The fourth-order valence-electron chi connectivity index (χ4n) is 1.04. The van der Waals surface area contributed by atoms with E-state index in [-0.39, 0.29) is 12.4 Å². The number of esters is 1. The van der Waals surface area contributed by atoms with Gasteiger partial charge in [0, 0.05) is 6.08 Å². The minimum atomic E-state index is -0.905. The number of rotatable bonds is 7. The molecule has 5 nitrogen and oxygen atoms in total. The first-order valence-corrected chi connectivity index (χ1v) is 4.76. The zero-order valence-electron chi connectivity index (χ0n) is 8.81. The number of aliphatic hydroxyl groups excluding tert-OH is 1. The van der Waals surface area contributed by atoms with E-state index in [2.05, 4.69) is 6.58 Å². The quantitative estimate of drug-likeness (QED) is 0.447. The van der Waals surface area contributed by atoms with Gasteiger partial charge in [-0.3, -0.25) is 4.79 Å².